The summed E-state index contributed by atoms with van der Waals surface area (Å²) in [6, 6.07) is 22.4. The zero-order valence-corrected chi connectivity index (χ0v) is 17.6. The van der Waals surface area contributed by atoms with E-state index in [1.165, 1.54) is 30.4 Å². The summed E-state index contributed by atoms with van der Waals surface area (Å²) in [5.74, 6) is -1.29. The first-order chi connectivity index (χ1) is 15.5. The number of amides is 2. The predicted molar refractivity (Wildman–Crippen MR) is 124 cm³/mol. The lowest BCUT2D eigenvalue weighted by Gasteiger charge is -2.06. The highest BCUT2D eigenvalue weighted by atomic mass is 35.5. The highest BCUT2D eigenvalue weighted by Gasteiger charge is 2.07. The van der Waals surface area contributed by atoms with Gasteiger partial charge < -0.3 is 4.74 Å². The van der Waals surface area contributed by atoms with Crippen molar-refractivity contribution in [1.82, 2.24) is 10.9 Å². The highest BCUT2D eigenvalue weighted by Crippen LogP contribution is 2.20. The molecule has 0 spiro atoms. The molecule has 7 heteroatoms. The second-order valence-electron chi connectivity index (χ2n) is 6.49. The maximum Gasteiger partial charge on any atom is 0.336 e. The maximum atomic E-state index is 12.1. The van der Waals surface area contributed by atoms with Crippen LogP contribution in [0.2, 0.25) is 5.02 Å². The van der Waals surface area contributed by atoms with E-state index in [0.29, 0.717) is 21.9 Å². The van der Waals surface area contributed by atoms with Crippen molar-refractivity contribution in [3.8, 4) is 5.75 Å². The minimum Gasteiger partial charge on any atom is -0.423 e. The van der Waals surface area contributed by atoms with Crippen molar-refractivity contribution >= 4 is 41.5 Å². The first-order valence-corrected chi connectivity index (χ1v) is 9.97. The summed E-state index contributed by atoms with van der Waals surface area (Å²) in [5.41, 5.74) is 6.33. The molecule has 0 aromatic heterocycles. The molecule has 0 bridgehead atoms. The van der Waals surface area contributed by atoms with Gasteiger partial charge in [0.25, 0.3) is 11.8 Å². The standard InChI is InChI=1S/C25H19ClN2O4/c26-21-14-11-20(12-15-21)25(31)28-27-23(29)16-13-19-8-4-5-9-22(19)32-24(30)17-10-18-6-2-1-3-7-18/h1-17H,(H,27,29)(H,28,31)/b16-13+,17-10+. The summed E-state index contributed by atoms with van der Waals surface area (Å²) in [5, 5.41) is 0.503. The molecule has 0 saturated heterocycles. The van der Waals surface area contributed by atoms with Crippen molar-refractivity contribution in [1.29, 1.82) is 0 Å². The Morgan fingerprint density at radius 2 is 1.44 bits per heavy atom. The number of hydrogen-bond acceptors (Lipinski definition) is 4. The van der Waals surface area contributed by atoms with Gasteiger partial charge in [0.05, 0.1) is 0 Å². The molecule has 0 fully saturated rings. The molecular weight excluding hydrogens is 428 g/mol. The lowest BCUT2D eigenvalue weighted by atomic mass is 10.2. The van der Waals surface area contributed by atoms with Crippen molar-refractivity contribution < 1.29 is 19.1 Å². The fraction of sp³-hybridized carbons (Fsp3) is 0. The molecule has 0 atom stereocenters. The molecule has 0 radical (unpaired) electrons. The van der Waals surface area contributed by atoms with E-state index >= 15 is 0 Å². The number of rotatable bonds is 6. The van der Waals surface area contributed by atoms with Crippen LogP contribution in [0.15, 0.2) is 91.0 Å². The SMILES string of the molecule is O=C(/C=C/c1ccccc1OC(=O)/C=C/c1ccccc1)NNC(=O)c1ccc(Cl)cc1. The average molecular weight is 447 g/mol. The molecule has 2 N–H and O–H groups in total. The quantitative estimate of drug-likeness (QED) is 0.254. The lowest BCUT2D eigenvalue weighted by molar-refractivity contribution is -0.128. The van der Waals surface area contributed by atoms with E-state index in [9.17, 15) is 14.4 Å². The van der Waals surface area contributed by atoms with Crippen LogP contribution in [0.1, 0.15) is 21.5 Å². The van der Waals surface area contributed by atoms with Gasteiger partial charge in [0.2, 0.25) is 0 Å². The van der Waals surface area contributed by atoms with Crippen LogP contribution in [-0.2, 0) is 9.59 Å². The summed E-state index contributed by atoms with van der Waals surface area (Å²) in [4.78, 5) is 36.2. The van der Waals surface area contributed by atoms with Crippen LogP contribution in [0.5, 0.6) is 5.75 Å². The molecule has 6 nitrogen and oxygen atoms in total. The van der Waals surface area contributed by atoms with Crippen molar-refractivity contribution in [2.45, 2.75) is 0 Å². The Balaban J connectivity index is 1.57. The van der Waals surface area contributed by atoms with Crippen LogP contribution in [0, 0.1) is 0 Å². The fourth-order valence-corrected chi connectivity index (χ4v) is 2.71. The third-order valence-corrected chi connectivity index (χ3v) is 4.41. The van der Waals surface area contributed by atoms with Gasteiger partial charge in [0.1, 0.15) is 5.75 Å². The molecule has 0 unspecified atom stereocenters. The summed E-state index contributed by atoms with van der Waals surface area (Å²) in [6.07, 6.45) is 5.67. The van der Waals surface area contributed by atoms with Crippen molar-refractivity contribution in [3.05, 3.63) is 113 Å². The summed E-state index contributed by atoms with van der Waals surface area (Å²) in [7, 11) is 0. The van der Waals surface area contributed by atoms with E-state index in [2.05, 4.69) is 10.9 Å². The molecule has 3 rings (SSSR count). The molecular formula is C25H19ClN2O4. The number of esters is 1. The van der Waals surface area contributed by atoms with Crippen LogP contribution in [0.3, 0.4) is 0 Å². The third-order valence-electron chi connectivity index (χ3n) is 4.16. The van der Waals surface area contributed by atoms with Gasteiger partial charge in [-0.25, -0.2) is 4.79 Å². The molecule has 32 heavy (non-hydrogen) atoms. The maximum absolute atomic E-state index is 12.1. The van der Waals surface area contributed by atoms with Crippen LogP contribution < -0.4 is 15.6 Å². The van der Waals surface area contributed by atoms with E-state index in [1.807, 2.05) is 30.3 Å². The summed E-state index contributed by atoms with van der Waals surface area (Å²) < 4.78 is 5.38. The van der Waals surface area contributed by atoms with Gasteiger partial charge in [-0.3, -0.25) is 20.4 Å². The van der Waals surface area contributed by atoms with E-state index in [0.717, 1.165) is 5.56 Å². The van der Waals surface area contributed by atoms with Crippen LogP contribution >= 0.6 is 11.6 Å². The Kier molecular flexibility index (Phi) is 7.95. The number of nitrogens with one attached hydrogen (secondary N) is 2. The number of para-hydroxylation sites is 1. The zero-order valence-electron chi connectivity index (χ0n) is 16.8. The molecule has 0 saturated carbocycles. The first-order valence-electron chi connectivity index (χ1n) is 9.59. The number of hydrogen-bond donors (Lipinski definition) is 2. The van der Waals surface area contributed by atoms with E-state index < -0.39 is 17.8 Å². The van der Waals surface area contributed by atoms with Gasteiger partial charge >= 0.3 is 5.97 Å². The molecule has 160 valence electrons. The predicted octanol–water partition coefficient (Wildman–Crippen LogP) is 4.43. The second kappa shape index (κ2) is 11.3. The Bertz CT molecular complexity index is 1160. The number of benzene rings is 3. The Labute approximate surface area is 190 Å². The van der Waals surface area contributed by atoms with Gasteiger partial charge in [0.15, 0.2) is 0 Å². The lowest BCUT2D eigenvalue weighted by Crippen LogP contribution is -2.40. The van der Waals surface area contributed by atoms with E-state index in [-0.39, 0.29) is 0 Å². The van der Waals surface area contributed by atoms with Gasteiger partial charge in [-0.2, -0.15) is 0 Å². The monoisotopic (exact) mass is 446 g/mol. The largest absolute Gasteiger partial charge is 0.423 e. The Morgan fingerprint density at radius 1 is 0.750 bits per heavy atom. The molecule has 0 aliphatic carbocycles. The molecule has 0 heterocycles. The summed E-state index contributed by atoms with van der Waals surface area (Å²) in [6.45, 7) is 0. The zero-order chi connectivity index (χ0) is 22.8. The van der Waals surface area contributed by atoms with Gasteiger partial charge in [0, 0.05) is 28.3 Å². The van der Waals surface area contributed by atoms with Crippen LogP contribution in [0.25, 0.3) is 12.2 Å². The first kappa shape index (κ1) is 22.5. The molecule has 0 aliphatic heterocycles. The normalized spacial score (nSPS) is 10.8. The minimum atomic E-state index is -0.558. The molecule has 2 amide bonds. The molecule has 3 aromatic carbocycles. The number of carbonyl (C=O) groups is 3. The molecule has 0 aliphatic rings. The number of ether oxygens (including phenoxy) is 1. The number of hydrazine groups is 1. The number of halogens is 1. The summed E-state index contributed by atoms with van der Waals surface area (Å²) >= 11 is 5.79. The van der Waals surface area contributed by atoms with Gasteiger partial charge in [-0.1, -0.05) is 60.1 Å². The van der Waals surface area contributed by atoms with Crippen LogP contribution in [-0.4, -0.2) is 17.8 Å². The van der Waals surface area contributed by atoms with Gasteiger partial charge in [-0.05, 0) is 48.0 Å². The van der Waals surface area contributed by atoms with Crippen molar-refractivity contribution in [3.63, 3.8) is 0 Å². The topological polar surface area (TPSA) is 84.5 Å². The minimum absolute atomic E-state index is 0.296. The molecule has 3 aromatic rings. The third kappa shape index (κ3) is 6.97. The average Bonchev–Trinajstić information content (AvgIpc) is 2.82. The number of carbonyl (C=O) groups excluding carboxylic acids is 3. The smallest absolute Gasteiger partial charge is 0.336 e. The van der Waals surface area contributed by atoms with Crippen molar-refractivity contribution in [2.24, 2.45) is 0 Å². The van der Waals surface area contributed by atoms with E-state index in [4.69, 9.17) is 16.3 Å². The fourth-order valence-electron chi connectivity index (χ4n) is 2.58. The van der Waals surface area contributed by atoms with Gasteiger partial charge in [-0.15, -0.1) is 0 Å². The van der Waals surface area contributed by atoms with Crippen LogP contribution in [0.4, 0.5) is 0 Å². The highest BCUT2D eigenvalue weighted by molar-refractivity contribution is 6.30. The Morgan fingerprint density at radius 3 is 2.19 bits per heavy atom. The van der Waals surface area contributed by atoms with E-state index in [1.54, 1.807) is 42.5 Å². The Hall–Kier alpha value is -4.16. The second-order valence-corrected chi connectivity index (χ2v) is 6.92. The van der Waals surface area contributed by atoms with Crippen molar-refractivity contribution in [2.75, 3.05) is 0 Å².